The molecule has 0 atom stereocenters. The van der Waals surface area contributed by atoms with Gasteiger partial charge in [0, 0.05) is 44.8 Å². The van der Waals surface area contributed by atoms with Crippen LogP contribution in [0, 0.1) is 19.7 Å². The van der Waals surface area contributed by atoms with E-state index in [0.29, 0.717) is 12.0 Å². The highest BCUT2D eigenvalue weighted by Gasteiger charge is 2.20. The molecular weight excluding hydrogens is 379 g/mol. The van der Waals surface area contributed by atoms with Crippen molar-refractivity contribution in [3.05, 3.63) is 77.4 Å². The minimum atomic E-state index is -0.289. The van der Waals surface area contributed by atoms with Gasteiger partial charge in [0.05, 0.1) is 23.1 Å². The highest BCUT2D eigenvalue weighted by atomic mass is 19.1. The van der Waals surface area contributed by atoms with Crippen LogP contribution in [0.15, 0.2) is 54.7 Å². The summed E-state index contributed by atoms with van der Waals surface area (Å²) in [6.07, 6.45) is 2.09. The average Bonchev–Trinajstić information content (AvgIpc) is 3.15. The predicted octanol–water partition coefficient (Wildman–Crippen LogP) is 4.02. The number of carbonyl (C=O) groups excluding carboxylic acids is 1. The molecule has 6 heteroatoms. The second-order valence-corrected chi connectivity index (χ2v) is 7.82. The molecule has 1 saturated heterocycles. The van der Waals surface area contributed by atoms with E-state index in [0.717, 1.165) is 44.1 Å². The van der Waals surface area contributed by atoms with E-state index in [9.17, 15) is 9.18 Å². The van der Waals surface area contributed by atoms with Crippen LogP contribution in [0.4, 0.5) is 10.1 Å². The van der Waals surface area contributed by atoms with E-state index in [2.05, 4.69) is 46.1 Å². The Morgan fingerprint density at radius 2 is 1.70 bits per heavy atom. The number of carbonyl (C=O) groups is 1. The van der Waals surface area contributed by atoms with E-state index in [1.54, 1.807) is 23.0 Å². The quantitative estimate of drug-likeness (QED) is 0.580. The van der Waals surface area contributed by atoms with E-state index < -0.39 is 0 Å². The van der Waals surface area contributed by atoms with Crippen molar-refractivity contribution in [1.82, 2.24) is 14.7 Å². The van der Waals surface area contributed by atoms with Crippen LogP contribution in [0.1, 0.15) is 28.0 Å². The maximum absolute atomic E-state index is 13.2. The molecule has 2 aromatic carbocycles. The van der Waals surface area contributed by atoms with Gasteiger partial charge in [-0.25, -0.2) is 9.07 Å². The Balaban J connectivity index is 1.32. The lowest BCUT2D eigenvalue weighted by Crippen LogP contribution is -2.47. The third-order valence-corrected chi connectivity index (χ3v) is 5.86. The SMILES string of the molecule is Cc1ccccc1N1CCN(CCC(=O)c2cnn(-c3ccc(F)cc3)c2C)CC1. The Morgan fingerprint density at radius 3 is 2.40 bits per heavy atom. The first-order chi connectivity index (χ1) is 14.5. The molecule has 1 aliphatic rings. The third-order valence-electron chi connectivity index (χ3n) is 5.86. The normalized spacial score (nSPS) is 14.8. The highest BCUT2D eigenvalue weighted by Crippen LogP contribution is 2.21. The van der Waals surface area contributed by atoms with E-state index in [-0.39, 0.29) is 11.6 Å². The number of anilines is 1. The van der Waals surface area contributed by atoms with Gasteiger partial charge in [0.2, 0.25) is 0 Å². The summed E-state index contributed by atoms with van der Waals surface area (Å²) in [6, 6.07) is 14.6. The zero-order valence-electron chi connectivity index (χ0n) is 17.5. The Labute approximate surface area is 176 Å². The minimum Gasteiger partial charge on any atom is -0.369 e. The zero-order chi connectivity index (χ0) is 21.1. The summed E-state index contributed by atoms with van der Waals surface area (Å²) < 4.78 is 14.9. The molecule has 0 aliphatic carbocycles. The molecule has 1 fully saturated rings. The van der Waals surface area contributed by atoms with Gasteiger partial charge in [-0.3, -0.25) is 9.69 Å². The summed E-state index contributed by atoms with van der Waals surface area (Å²) in [5, 5.41) is 4.34. The van der Waals surface area contributed by atoms with E-state index in [1.807, 2.05) is 6.92 Å². The van der Waals surface area contributed by atoms with Crippen molar-refractivity contribution in [3.8, 4) is 5.69 Å². The van der Waals surface area contributed by atoms with Crippen molar-refractivity contribution in [2.75, 3.05) is 37.6 Å². The van der Waals surface area contributed by atoms with Crippen LogP contribution in [-0.2, 0) is 0 Å². The fraction of sp³-hybridized carbons (Fsp3) is 0.333. The maximum atomic E-state index is 13.2. The summed E-state index contributed by atoms with van der Waals surface area (Å²) in [4.78, 5) is 17.6. The summed E-state index contributed by atoms with van der Waals surface area (Å²) in [5.41, 5.74) is 4.78. The van der Waals surface area contributed by atoms with Gasteiger partial charge >= 0.3 is 0 Å². The van der Waals surface area contributed by atoms with Gasteiger partial charge in [0.1, 0.15) is 5.82 Å². The molecule has 2 heterocycles. The molecule has 5 nitrogen and oxygen atoms in total. The molecule has 4 rings (SSSR count). The van der Waals surface area contributed by atoms with Crippen LogP contribution in [0.5, 0.6) is 0 Å². The molecule has 0 unspecified atom stereocenters. The molecule has 0 amide bonds. The maximum Gasteiger partial charge on any atom is 0.167 e. The minimum absolute atomic E-state index is 0.0993. The van der Waals surface area contributed by atoms with Gasteiger partial charge < -0.3 is 4.90 Å². The second-order valence-electron chi connectivity index (χ2n) is 7.82. The number of nitrogens with zero attached hydrogens (tertiary/aromatic N) is 4. The molecule has 156 valence electrons. The Hall–Kier alpha value is -2.99. The van der Waals surface area contributed by atoms with Crippen LogP contribution in [0.3, 0.4) is 0 Å². The average molecular weight is 407 g/mol. The number of Topliss-reactive ketones (excluding diaryl/α,β-unsaturated/α-hetero) is 1. The molecule has 1 aromatic heterocycles. The molecule has 0 bridgehead atoms. The number of hydrogen-bond donors (Lipinski definition) is 0. The Morgan fingerprint density at radius 1 is 1.00 bits per heavy atom. The van der Waals surface area contributed by atoms with Crippen molar-refractivity contribution in [2.45, 2.75) is 20.3 Å². The Bertz CT molecular complexity index is 1020. The number of rotatable bonds is 6. The smallest absolute Gasteiger partial charge is 0.167 e. The van der Waals surface area contributed by atoms with Gasteiger partial charge in [-0.05, 0) is 49.7 Å². The fourth-order valence-electron chi connectivity index (χ4n) is 4.05. The number of halogens is 1. The summed E-state index contributed by atoms with van der Waals surface area (Å²) in [7, 11) is 0. The van der Waals surface area contributed by atoms with Crippen molar-refractivity contribution >= 4 is 11.5 Å². The first-order valence-electron chi connectivity index (χ1n) is 10.4. The molecule has 3 aromatic rings. The second kappa shape index (κ2) is 8.79. The van der Waals surface area contributed by atoms with E-state index >= 15 is 0 Å². The summed E-state index contributed by atoms with van der Waals surface area (Å²) >= 11 is 0. The lowest BCUT2D eigenvalue weighted by atomic mass is 10.1. The predicted molar refractivity (Wildman–Crippen MR) is 117 cm³/mol. The van der Waals surface area contributed by atoms with Gasteiger partial charge in [0.15, 0.2) is 5.78 Å². The van der Waals surface area contributed by atoms with E-state index in [1.165, 1.54) is 23.4 Å². The number of para-hydroxylation sites is 1. The fourth-order valence-corrected chi connectivity index (χ4v) is 4.05. The highest BCUT2D eigenvalue weighted by molar-refractivity contribution is 5.97. The van der Waals surface area contributed by atoms with Crippen LogP contribution < -0.4 is 4.90 Å². The van der Waals surface area contributed by atoms with E-state index in [4.69, 9.17) is 0 Å². The molecule has 1 aliphatic heterocycles. The number of ketones is 1. The van der Waals surface area contributed by atoms with Crippen LogP contribution in [0.2, 0.25) is 0 Å². The van der Waals surface area contributed by atoms with Crippen LogP contribution in [-0.4, -0.2) is 53.2 Å². The monoisotopic (exact) mass is 406 g/mol. The first kappa shape index (κ1) is 20.3. The van der Waals surface area contributed by atoms with Crippen molar-refractivity contribution in [2.24, 2.45) is 0 Å². The topological polar surface area (TPSA) is 41.4 Å². The number of aryl methyl sites for hydroxylation is 1. The summed E-state index contributed by atoms with van der Waals surface area (Å²) in [5.74, 6) is -0.190. The molecule has 0 N–H and O–H groups in total. The number of piperazine rings is 1. The number of hydrogen-bond acceptors (Lipinski definition) is 4. The first-order valence-corrected chi connectivity index (χ1v) is 10.4. The van der Waals surface area contributed by atoms with Gasteiger partial charge in [0.25, 0.3) is 0 Å². The Kier molecular flexibility index (Phi) is 5.95. The molecular formula is C24H27FN4O. The standard InChI is InChI=1S/C24H27FN4O/c1-18-5-3-4-6-23(18)28-15-13-27(14-16-28)12-11-24(30)22-17-26-29(19(22)2)21-9-7-20(25)8-10-21/h3-10,17H,11-16H2,1-2H3. The van der Waals surface area contributed by atoms with Gasteiger partial charge in [-0.1, -0.05) is 18.2 Å². The summed E-state index contributed by atoms with van der Waals surface area (Å²) in [6.45, 7) is 8.63. The zero-order valence-corrected chi connectivity index (χ0v) is 17.5. The lowest BCUT2D eigenvalue weighted by Gasteiger charge is -2.36. The van der Waals surface area contributed by atoms with Crippen molar-refractivity contribution in [1.29, 1.82) is 0 Å². The molecule has 30 heavy (non-hydrogen) atoms. The van der Waals surface area contributed by atoms with Crippen LogP contribution >= 0.6 is 0 Å². The van der Waals surface area contributed by atoms with Gasteiger partial charge in [-0.15, -0.1) is 0 Å². The van der Waals surface area contributed by atoms with Gasteiger partial charge in [-0.2, -0.15) is 5.10 Å². The van der Waals surface area contributed by atoms with Crippen molar-refractivity contribution in [3.63, 3.8) is 0 Å². The van der Waals surface area contributed by atoms with Crippen molar-refractivity contribution < 1.29 is 9.18 Å². The molecule has 0 saturated carbocycles. The molecule has 0 spiro atoms. The van der Waals surface area contributed by atoms with Crippen LogP contribution in [0.25, 0.3) is 5.69 Å². The number of benzene rings is 2. The third kappa shape index (κ3) is 4.28. The largest absolute Gasteiger partial charge is 0.369 e. The molecule has 0 radical (unpaired) electrons. The lowest BCUT2D eigenvalue weighted by molar-refractivity contribution is 0.0962. The number of aromatic nitrogens is 2.